The maximum absolute atomic E-state index is 12.2. The summed E-state index contributed by atoms with van der Waals surface area (Å²) in [6.07, 6.45) is 0. The molecule has 2 rings (SSSR count). The minimum absolute atomic E-state index is 0.168. The van der Waals surface area contributed by atoms with Gasteiger partial charge in [-0.15, -0.1) is 0 Å². The summed E-state index contributed by atoms with van der Waals surface area (Å²) in [6, 6.07) is 6.89. The largest absolute Gasteiger partial charge is 0.331 e. The summed E-state index contributed by atoms with van der Waals surface area (Å²) in [5.74, 6) is -1.02. The van der Waals surface area contributed by atoms with Crippen molar-refractivity contribution < 1.29 is 14.4 Å². The van der Waals surface area contributed by atoms with E-state index in [4.69, 9.17) is 0 Å². The number of urea groups is 1. The van der Waals surface area contributed by atoms with Crippen molar-refractivity contribution in [2.45, 2.75) is 27.3 Å². The molecule has 0 aromatic heterocycles. The topological polar surface area (TPSA) is 66.5 Å². The zero-order valence-corrected chi connectivity index (χ0v) is 11.2. The molecule has 0 saturated carbocycles. The predicted molar refractivity (Wildman–Crippen MR) is 69.0 cm³/mol. The third-order valence-corrected chi connectivity index (χ3v) is 3.27. The van der Waals surface area contributed by atoms with Crippen molar-refractivity contribution in [1.29, 1.82) is 0 Å². The van der Waals surface area contributed by atoms with Gasteiger partial charge in [0.25, 0.3) is 0 Å². The molecular weight excluding hydrogens is 244 g/mol. The van der Waals surface area contributed by atoms with Crippen molar-refractivity contribution in [1.82, 2.24) is 10.2 Å². The highest BCUT2D eigenvalue weighted by Crippen LogP contribution is 2.24. The summed E-state index contributed by atoms with van der Waals surface area (Å²) < 4.78 is 0. The molecule has 1 aromatic carbocycles. The summed E-state index contributed by atoms with van der Waals surface area (Å²) in [5.41, 5.74) is 0.742. The van der Waals surface area contributed by atoms with Gasteiger partial charge < -0.3 is 0 Å². The number of amides is 4. The molecule has 0 unspecified atom stereocenters. The summed E-state index contributed by atoms with van der Waals surface area (Å²) >= 11 is 0. The normalized spacial score (nSPS) is 18.5. The number of hydrogen-bond acceptors (Lipinski definition) is 3. The van der Waals surface area contributed by atoms with Gasteiger partial charge in [-0.25, -0.2) is 4.79 Å². The summed E-state index contributed by atoms with van der Waals surface area (Å²) in [7, 11) is 0. The first-order valence-electron chi connectivity index (χ1n) is 6.05. The van der Waals surface area contributed by atoms with Crippen LogP contribution in [0.5, 0.6) is 0 Å². The van der Waals surface area contributed by atoms with E-state index in [0.29, 0.717) is 0 Å². The van der Waals surface area contributed by atoms with Crippen LogP contribution in [0.3, 0.4) is 0 Å². The SMILES string of the molecule is Cc1ccc(CN2C(=O)NC(=O)C(C)(C)C2=O)cc1. The third kappa shape index (κ3) is 2.36. The third-order valence-electron chi connectivity index (χ3n) is 3.27. The Morgan fingerprint density at radius 1 is 1.11 bits per heavy atom. The predicted octanol–water partition coefficient (Wildman–Crippen LogP) is 1.60. The molecule has 1 aromatic rings. The number of aryl methyl sites for hydroxylation is 1. The van der Waals surface area contributed by atoms with E-state index >= 15 is 0 Å². The molecule has 1 aliphatic rings. The Morgan fingerprint density at radius 3 is 2.26 bits per heavy atom. The monoisotopic (exact) mass is 260 g/mol. The van der Waals surface area contributed by atoms with Crippen molar-refractivity contribution in [2.75, 3.05) is 0 Å². The van der Waals surface area contributed by atoms with E-state index in [2.05, 4.69) is 5.32 Å². The van der Waals surface area contributed by atoms with Crippen LogP contribution in [0.15, 0.2) is 24.3 Å². The lowest BCUT2D eigenvalue weighted by atomic mass is 9.88. The first kappa shape index (κ1) is 13.3. The number of nitrogens with zero attached hydrogens (tertiary/aromatic N) is 1. The second kappa shape index (κ2) is 4.50. The Bertz CT molecular complexity index is 546. The average molecular weight is 260 g/mol. The van der Waals surface area contributed by atoms with Crippen molar-refractivity contribution >= 4 is 17.8 Å². The van der Waals surface area contributed by atoms with Gasteiger partial charge in [0.1, 0.15) is 5.41 Å². The van der Waals surface area contributed by atoms with Gasteiger partial charge >= 0.3 is 6.03 Å². The number of benzene rings is 1. The second-order valence-electron chi connectivity index (χ2n) is 5.26. The molecule has 0 bridgehead atoms. The van der Waals surface area contributed by atoms with Crippen LogP contribution in [0.2, 0.25) is 0 Å². The molecule has 1 aliphatic heterocycles. The fourth-order valence-electron chi connectivity index (χ4n) is 1.87. The molecule has 0 spiro atoms. The highest BCUT2D eigenvalue weighted by molar-refractivity contribution is 6.18. The molecule has 5 nitrogen and oxygen atoms in total. The molecule has 1 N–H and O–H groups in total. The Morgan fingerprint density at radius 2 is 1.68 bits per heavy atom. The van der Waals surface area contributed by atoms with Gasteiger partial charge in [0, 0.05) is 0 Å². The highest BCUT2D eigenvalue weighted by Gasteiger charge is 2.46. The number of carbonyl (C=O) groups is 3. The van der Waals surface area contributed by atoms with E-state index in [1.807, 2.05) is 31.2 Å². The van der Waals surface area contributed by atoms with E-state index in [1.54, 1.807) is 0 Å². The Kier molecular flexibility index (Phi) is 3.14. The van der Waals surface area contributed by atoms with E-state index in [-0.39, 0.29) is 6.54 Å². The van der Waals surface area contributed by atoms with E-state index in [1.165, 1.54) is 13.8 Å². The standard InChI is InChI=1S/C14H16N2O3/c1-9-4-6-10(7-5-9)8-16-12(18)14(2,3)11(17)15-13(16)19/h4-7H,8H2,1-3H3,(H,15,17,19). The minimum atomic E-state index is -1.21. The minimum Gasteiger partial charge on any atom is -0.277 e. The maximum atomic E-state index is 12.2. The van der Waals surface area contributed by atoms with Gasteiger partial charge in [-0.2, -0.15) is 0 Å². The van der Waals surface area contributed by atoms with Gasteiger partial charge in [-0.3, -0.25) is 19.8 Å². The average Bonchev–Trinajstić information content (AvgIpc) is 2.35. The lowest BCUT2D eigenvalue weighted by molar-refractivity contribution is -0.149. The molecule has 19 heavy (non-hydrogen) atoms. The zero-order valence-electron chi connectivity index (χ0n) is 11.2. The van der Waals surface area contributed by atoms with Crippen LogP contribution in [0.4, 0.5) is 4.79 Å². The number of rotatable bonds is 2. The molecule has 4 amide bonds. The molecule has 1 fully saturated rings. The quantitative estimate of drug-likeness (QED) is 0.821. The van der Waals surface area contributed by atoms with Crippen LogP contribution in [0.1, 0.15) is 25.0 Å². The summed E-state index contributed by atoms with van der Waals surface area (Å²) in [6.45, 7) is 5.16. The maximum Gasteiger partial charge on any atom is 0.331 e. The first-order chi connectivity index (χ1) is 8.82. The van der Waals surface area contributed by atoms with Gasteiger partial charge in [0.2, 0.25) is 11.8 Å². The molecule has 1 heterocycles. The van der Waals surface area contributed by atoms with Gasteiger partial charge in [-0.1, -0.05) is 29.8 Å². The number of barbiturate groups is 1. The Labute approximate surface area is 111 Å². The molecular formula is C14H16N2O3. The van der Waals surface area contributed by atoms with Gasteiger partial charge in [0.05, 0.1) is 6.54 Å². The van der Waals surface area contributed by atoms with E-state index in [9.17, 15) is 14.4 Å². The lowest BCUT2D eigenvalue weighted by Crippen LogP contribution is -2.61. The van der Waals surface area contributed by atoms with Crippen molar-refractivity contribution in [3.8, 4) is 0 Å². The fraction of sp³-hybridized carbons (Fsp3) is 0.357. The van der Waals surface area contributed by atoms with Crippen molar-refractivity contribution in [2.24, 2.45) is 5.41 Å². The van der Waals surface area contributed by atoms with Gasteiger partial charge in [-0.05, 0) is 26.3 Å². The summed E-state index contributed by atoms with van der Waals surface area (Å²) in [5, 5.41) is 2.21. The van der Waals surface area contributed by atoms with Crippen LogP contribution in [0, 0.1) is 12.3 Å². The highest BCUT2D eigenvalue weighted by atomic mass is 16.2. The molecule has 0 radical (unpaired) electrons. The van der Waals surface area contributed by atoms with Crippen molar-refractivity contribution in [3.05, 3.63) is 35.4 Å². The smallest absolute Gasteiger partial charge is 0.277 e. The van der Waals surface area contributed by atoms with Crippen LogP contribution >= 0.6 is 0 Å². The Hall–Kier alpha value is -2.17. The number of hydrogen-bond donors (Lipinski definition) is 1. The van der Waals surface area contributed by atoms with Crippen LogP contribution < -0.4 is 5.32 Å². The molecule has 0 atom stereocenters. The molecule has 5 heteroatoms. The molecule has 0 aliphatic carbocycles. The fourth-order valence-corrected chi connectivity index (χ4v) is 1.87. The van der Waals surface area contributed by atoms with Crippen LogP contribution in [0.25, 0.3) is 0 Å². The Balaban J connectivity index is 2.24. The number of nitrogens with one attached hydrogen (secondary N) is 1. The van der Waals surface area contributed by atoms with Crippen LogP contribution in [-0.2, 0) is 16.1 Å². The number of carbonyl (C=O) groups excluding carboxylic acids is 3. The van der Waals surface area contributed by atoms with Crippen molar-refractivity contribution in [3.63, 3.8) is 0 Å². The van der Waals surface area contributed by atoms with Crippen LogP contribution in [-0.4, -0.2) is 22.7 Å². The molecule has 100 valence electrons. The zero-order chi connectivity index (χ0) is 14.2. The van der Waals surface area contributed by atoms with Gasteiger partial charge in [0.15, 0.2) is 0 Å². The van der Waals surface area contributed by atoms with E-state index in [0.717, 1.165) is 16.0 Å². The number of imide groups is 2. The summed E-state index contributed by atoms with van der Waals surface area (Å²) in [4.78, 5) is 36.6. The second-order valence-corrected chi connectivity index (χ2v) is 5.26. The molecule has 1 saturated heterocycles. The lowest BCUT2D eigenvalue weighted by Gasteiger charge is -2.34. The first-order valence-corrected chi connectivity index (χ1v) is 6.05. The van der Waals surface area contributed by atoms with E-state index < -0.39 is 23.3 Å².